The van der Waals surface area contributed by atoms with Crippen LogP contribution >= 0.6 is 0 Å². The van der Waals surface area contributed by atoms with E-state index < -0.39 is 15.3 Å². The Morgan fingerprint density at radius 2 is 1.56 bits per heavy atom. The van der Waals surface area contributed by atoms with Crippen LogP contribution in [0.5, 0.6) is 0 Å². The van der Waals surface area contributed by atoms with Crippen molar-refractivity contribution < 1.29 is 8.42 Å². The molecule has 1 unspecified atom stereocenters. The summed E-state index contributed by atoms with van der Waals surface area (Å²) in [4.78, 5) is 0. The van der Waals surface area contributed by atoms with Crippen LogP contribution in [0.2, 0.25) is 0 Å². The molecule has 0 saturated heterocycles. The molecule has 0 heterocycles. The summed E-state index contributed by atoms with van der Waals surface area (Å²) in [6, 6.07) is 7.67. The van der Waals surface area contributed by atoms with Crippen LogP contribution in [0.15, 0.2) is 24.3 Å². The van der Waals surface area contributed by atoms with E-state index in [0.717, 1.165) is 5.56 Å². The highest BCUT2D eigenvalue weighted by molar-refractivity contribution is 7.90. The highest BCUT2D eigenvalue weighted by atomic mass is 32.2. The van der Waals surface area contributed by atoms with Crippen molar-refractivity contribution in [3.05, 3.63) is 35.4 Å². The Labute approximate surface area is 97.9 Å². The summed E-state index contributed by atoms with van der Waals surface area (Å²) >= 11 is 0. The normalized spacial score (nSPS) is 14.1. The second kappa shape index (κ2) is 4.97. The fourth-order valence-electron chi connectivity index (χ4n) is 1.31. The molecule has 1 atom stereocenters. The lowest BCUT2D eigenvalue weighted by Gasteiger charge is -2.16. The lowest BCUT2D eigenvalue weighted by atomic mass is 10.1. The predicted octanol–water partition coefficient (Wildman–Crippen LogP) is 2.38. The van der Waals surface area contributed by atoms with Crippen LogP contribution in [0.4, 0.5) is 0 Å². The highest BCUT2D eigenvalue weighted by Crippen LogP contribution is 2.15. The van der Waals surface area contributed by atoms with Crippen LogP contribution in [0.3, 0.4) is 0 Å². The summed E-state index contributed by atoms with van der Waals surface area (Å²) < 4.78 is 26.0. The van der Waals surface area contributed by atoms with Gasteiger partial charge in [0.25, 0.3) is 0 Å². The number of benzene rings is 1. The van der Waals surface area contributed by atoms with Gasteiger partial charge in [-0.15, -0.1) is 0 Å². The molecule has 0 radical (unpaired) electrons. The van der Waals surface area contributed by atoms with Crippen molar-refractivity contribution in [1.29, 1.82) is 0 Å². The molecule has 1 aromatic carbocycles. The zero-order valence-corrected chi connectivity index (χ0v) is 11.0. The van der Waals surface area contributed by atoms with Crippen LogP contribution in [0.25, 0.3) is 0 Å². The van der Waals surface area contributed by atoms with Gasteiger partial charge in [0.05, 0.1) is 5.25 Å². The standard InChI is InChI=1S/C12H19NO2S/c1-9(2)16(14,15)13-11(4)12-7-5-10(3)6-8-12/h5-9,11,13H,1-4H3. The molecule has 0 saturated carbocycles. The maximum absolute atomic E-state index is 11.7. The molecule has 16 heavy (non-hydrogen) atoms. The molecule has 1 N–H and O–H groups in total. The fourth-order valence-corrected chi connectivity index (χ4v) is 2.21. The number of sulfonamides is 1. The monoisotopic (exact) mass is 241 g/mol. The van der Waals surface area contributed by atoms with Crippen molar-refractivity contribution in [2.24, 2.45) is 0 Å². The van der Waals surface area contributed by atoms with Gasteiger partial charge < -0.3 is 0 Å². The van der Waals surface area contributed by atoms with E-state index in [1.54, 1.807) is 13.8 Å². The van der Waals surface area contributed by atoms with E-state index in [1.807, 2.05) is 38.1 Å². The molecule has 0 fully saturated rings. The summed E-state index contributed by atoms with van der Waals surface area (Å²) in [7, 11) is -3.21. The van der Waals surface area contributed by atoms with Gasteiger partial charge >= 0.3 is 0 Å². The van der Waals surface area contributed by atoms with Gasteiger partial charge in [-0.1, -0.05) is 29.8 Å². The Morgan fingerprint density at radius 3 is 2.00 bits per heavy atom. The Balaban J connectivity index is 2.81. The first-order chi connectivity index (χ1) is 7.33. The van der Waals surface area contributed by atoms with Crippen molar-refractivity contribution in [1.82, 2.24) is 4.72 Å². The Morgan fingerprint density at radius 1 is 1.06 bits per heavy atom. The van der Waals surface area contributed by atoms with Crippen LogP contribution in [-0.4, -0.2) is 13.7 Å². The summed E-state index contributed by atoms with van der Waals surface area (Å²) in [5.41, 5.74) is 2.15. The van der Waals surface area contributed by atoms with E-state index in [1.165, 1.54) is 5.56 Å². The topological polar surface area (TPSA) is 46.2 Å². The van der Waals surface area contributed by atoms with Gasteiger partial charge in [-0.25, -0.2) is 13.1 Å². The van der Waals surface area contributed by atoms with Crippen LogP contribution in [0.1, 0.15) is 37.9 Å². The number of rotatable bonds is 4. The average Bonchev–Trinajstić information content (AvgIpc) is 2.17. The molecule has 0 aliphatic rings. The molecular formula is C12H19NO2S. The minimum absolute atomic E-state index is 0.187. The smallest absolute Gasteiger partial charge is 0.212 e. The third kappa shape index (κ3) is 3.32. The quantitative estimate of drug-likeness (QED) is 0.879. The maximum Gasteiger partial charge on any atom is 0.214 e. The van der Waals surface area contributed by atoms with Gasteiger partial charge in [-0.05, 0) is 33.3 Å². The first-order valence-electron chi connectivity index (χ1n) is 5.40. The first-order valence-corrected chi connectivity index (χ1v) is 6.95. The van der Waals surface area contributed by atoms with E-state index in [9.17, 15) is 8.42 Å². The SMILES string of the molecule is Cc1ccc(C(C)NS(=O)(=O)C(C)C)cc1. The molecular weight excluding hydrogens is 222 g/mol. The average molecular weight is 241 g/mol. The van der Waals surface area contributed by atoms with E-state index in [0.29, 0.717) is 0 Å². The molecule has 1 aromatic rings. The van der Waals surface area contributed by atoms with Gasteiger partial charge in [0.2, 0.25) is 10.0 Å². The molecule has 3 nitrogen and oxygen atoms in total. The van der Waals surface area contributed by atoms with E-state index in [4.69, 9.17) is 0 Å². The molecule has 0 aliphatic carbocycles. The Kier molecular flexibility index (Phi) is 4.10. The molecule has 0 spiro atoms. The minimum atomic E-state index is -3.21. The van der Waals surface area contributed by atoms with E-state index in [-0.39, 0.29) is 6.04 Å². The second-order valence-electron chi connectivity index (χ2n) is 4.34. The lowest BCUT2D eigenvalue weighted by Crippen LogP contribution is -2.32. The third-order valence-electron chi connectivity index (χ3n) is 2.54. The molecule has 0 aromatic heterocycles. The molecule has 4 heteroatoms. The summed E-state index contributed by atoms with van der Waals surface area (Å²) in [5, 5.41) is -0.402. The molecule has 0 aliphatic heterocycles. The maximum atomic E-state index is 11.7. The van der Waals surface area contributed by atoms with Crippen LogP contribution in [0, 0.1) is 6.92 Å². The van der Waals surface area contributed by atoms with Gasteiger partial charge in [-0.2, -0.15) is 0 Å². The van der Waals surface area contributed by atoms with Crippen molar-refractivity contribution in [3.8, 4) is 0 Å². The van der Waals surface area contributed by atoms with E-state index in [2.05, 4.69) is 4.72 Å². The Bertz CT molecular complexity index is 435. The number of hydrogen-bond acceptors (Lipinski definition) is 2. The van der Waals surface area contributed by atoms with Gasteiger partial charge in [0.15, 0.2) is 0 Å². The first kappa shape index (κ1) is 13.2. The summed E-state index contributed by atoms with van der Waals surface area (Å²) in [6.45, 7) is 7.20. The summed E-state index contributed by atoms with van der Waals surface area (Å²) in [6.07, 6.45) is 0. The van der Waals surface area contributed by atoms with Crippen molar-refractivity contribution in [2.45, 2.75) is 39.0 Å². The largest absolute Gasteiger partial charge is 0.214 e. The van der Waals surface area contributed by atoms with E-state index >= 15 is 0 Å². The number of hydrogen-bond donors (Lipinski definition) is 1. The zero-order chi connectivity index (χ0) is 12.3. The molecule has 0 amide bonds. The van der Waals surface area contributed by atoms with Gasteiger partial charge in [0.1, 0.15) is 0 Å². The second-order valence-corrected chi connectivity index (χ2v) is 6.61. The van der Waals surface area contributed by atoms with Crippen LogP contribution < -0.4 is 4.72 Å². The van der Waals surface area contributed by atoms with Gasteiger partial charge in [0, 0.05) is 6.04 Å². The fraction of sp³-hybridized carbons (Fsp3) is 0.500. The summed E-state index contributed by atoms with van der Waals surface area (Å²) in [5.74, 6) is 0. The van der Waals surface area contributed by atoms with Crippen LogP contribution in [-0.2, 0) is 10.0 Å². The zero-order valence-electron chi connectivity index (χ0n) is 10.2. The third-order valence-corrected chi connectivity index (χ3v) is 4.46. The van der Waals surface area contributed by atoms with Crippen molar-refractivity contribution >= 4 is 10.0 Å². The highest BCUT2D eigenvalue weighted by Gasteiger charge is 2.19. The Hall–Kier alpha value is -0.870. The van der Waals surface area contributed by atoms with Gasteiger partial charge in [-0.3, -0.25) is 0 Å². The molecule has 0 bridgehead atoms. The minimum Gasteiger partial charge on any atom is -0.212 e. The number of nitrogens with one attached hydrogen (secondary N) is 1. The van der Waals surface area contributed by atoms with Crippen molar-refractivity contribution in [3.63, 3.8) is 0 Å². The molecule has 1 rings (SSSR count). The predicted molar refractivity (Wildman–Crippen MR) is 66.8 cm³/mol. The van der Waals surface area contributed by atoms with Crippen molar-refractivity contribution in [2.75, 3.05) is 0 Å². The number of aryl methyl sites for hydroxylation is 1. The molecule has 90 valence electrons. The lowest BCUT2D eigenvalue weighted by molar-refractivity contribution is 0.558.